The highest BCUT2D eigenvalue weighted by Gasteiger charge is 2.10. The van der Waals surface area contributed by atoms with Gasteiger partial charge in [-0.15, -0.1) is 11.3 Å². The Morgan fingerprint density at radius 1 is 1.06 bits per heavy atom. The second-order valence-electron chi connectivity index (χ2n) is 4.37. The summed E-state index contributed by atoms with van der Waals surface area (Å²) < 4.78 is 2.29. The van der Waals surface area contributed by atoms with Crippen LogP contribution in [0.2, 0.25) is 0 Å². The zero-order chi connectivity index (χ0) is 13.0. The molecule has 0 radical (unpaired) electrons. The molecule has 4 heteroatoms. The van der Waals surface area contributed by atoms with Crippen LogP contribution >= 0.6 is 43.2 Å². The number of nitrogens with two attached hydrogens (primary N) is 1. The molecule has 0 saturated heterocycles. The summed E-state index contributed by atoms with van der Waals surface area (Å²) in [6.07, 6.45) is 2.10. The summed E-state index contributed by atoms with van der Waals surface area (Å²) in [6.45, 7) is 0.728. The molecule has 0 amide bonds. The van der Waals surface area contributed by atoms with Gasteiger partial charge in [0, 0.05) is 19.2 Å². The molecule has 2 N–H and O–H groups in total. The lowest BCUT2D eigenvalue weighted by atomic mass is 9.96. The van der Waals surface area contributed by atoms with Gasteiger partial charge in [-0.25, -0.2) is 0 Å². The van der Waals surface area contributed by atoms with E-state index in [4.69, 9.17) is 5.73 Å². The van der Waals surface area contributed by atoms with Crippen LogP contribution in [0.3, 0.4) is 0 Å². The van der Waals surface area contributed by atoms with Gasteiger partial charge in [0.15, 0.2) is 0 Å². The third-order valence-corrected chi connectivity index (χ3v) is 5.13. The van der Waals surface area contributed by atoms with E-state index in [9.17, 15) is 0 Å². The molecule has 2 aromatic rings. The predicted octanol–water partition coefficient (Wildman–Crippen LogP) is 4.63. The van der Waals surface area contributed by atoms with Crippen LogP contribution in [0.25, 0.3) is 0 Å². The molecule has 0 bridgehead atoms. The largest absolute Gasteiger partial charge is 0.330 e. The zero-order valence-electron chi connectivity index (χ0n) is 9.90. The maximum absolute atomic E-state index is 5.89. The van der Waals surface area contributed by atoms with Crippen molar-refractivity contribution in [3.05, 3.63) is 55.1 Å². The SMILES string of the molecule is NCC(Cc1ccc(Br)cc1)Cc1cc(Br)cs1. The molecule has 0 spiro atoms. The van der Waals surface area contributed by atoms with Gasteiger partial charge in [0.05, 0.1) is 0 Å². The highest BCUT2D eigenvalue weighted by molar-refractivity contribution is 9.10. The molecular weight excluding hydrogens is 374 g/mol. The third kappa shape index (κ3) is 4.19. The molecular formula is C14H15Br2NS. The van der Waals surface area contributed by atoms with Crippen LogP contribution in [0, 0.1) is 5.92 Å². The van der Waals surface area contributed by atoms with E-state index in [2.05, 4.69) is 67.6 Å². The molecule has 1 atom stereocenters. The lowest BCUT2D eigenvalue weighted by Gasteiger charge is -2.13. The summed E-state index contributed by atoms with van der Waals surface area (Å²) in [6, 6.07) is 10.7. The second-order valence-corrected chi connectivity index (χ2v) is 7.19. The van der Waals surface area contributed by atoms with Crippen molar-refractivity contribution in [2.75, 3.05) is 6.54 Å². The summed E-state index contributed by atoms with van der Waals surface area (Å²) in [4.78, 5) is 1.40. The highest BCUT2D eigenvalue weighted by Crippen LogP contribution is 2.24. The first-order valence-corrected chi connectivity index (χ1v) is 8.31. The van der Waals surface area contributed by atoms with Crippen LogP contribution in [0.15, 0.2) is 44.7 Å². The summed E-state index contributed by atoms with van der Waals surface area (Å²) >= 11 is 8.75. The lowest BCUT2D eigenvalue weighted by molar-refractivity contribution is 0.537. The Labute approximate surface area is 129 Å². The number of hydrogen-bond donors (Lipinski definition) is 1. The topological polar surface area (TPSA) is 26.0 Å². The van der Waals surface area contributed by atoms with Gasteiger partial charge in [-0.3, -0.25) is 0 Å². The normalized spacial score (nSPS) is 12.6. The Hall–Kier alpha value is -0.160. The fraction of sp³-hybridized carbons (Fsp3) is 0.286. The molecule has 1 nitrogen and oxygen atoms in total. The van der Waals surface area contributed by atoms with Gasteiger partial charge in [0.1, 0.15) is 0 Å². The van der Waals surface area contributed by atoms with Crippen LogP contribution in [-0.2, 0) is 12.8 Å². The highest BCUT2D eigenvalue weighted by atomic mass is 79.9. The third-order valence-electron chi connectivity index (χ3n) is 2.88. The van der Waals surface area contributed by atoms with Crippen LogP contribution in [0.1, 0.15) is 10.4 Å². The van der Waals surface area contributed by atoms with Crippen molar-refractivity contribution in [2.45, 2.75) is 12.8 Å². The first-order valence-electron chi connectivity index (χ1n) is 5.85. The average Bonchev–Trinajstić information content (AvgIpc) is 2.77. The summed E-state index contributed by atoms with van der Waals surface area (Å²) in [5.41, 5.74) is 7.24. The Balaban J connectivity index is 1.99. The molecule has 0 aliphatic heterocycles. The standard InChI is InChI=1S/C14H15Br2NS/c15-12-3-1-10(2-4-12)5-11(8-17)6-14-7-13(16)9-18-14/h1-4,7,9,11H,5-6,8,17H2. The van der Waals surface area contributed by atoms with E-state index in [1.807, 2.05) is 0 Å². The van der Waals surface area contributed by atoms with Crippen LogP contribution in [-0.4, -0.2) is 6.54 Å². The van der Waals surface area contributed by atoms with Crippen LogP contribution < -0.4 is 5.73 Å². The smallest absolute Gasteiger partial charge is 0.0285 e. The average molecular weight is 389 g/mol. The van der Waals surface area contributed by atoms with E-state index in [-0.39, 0.29) is 0 Å². The minimum atomic E-state index is 0.511. The maximum atomic E-state index is 5.89. The number of benzene rings is 1. The summed E-state index contributed by atoms with van der Waals surface area (Å²) in [5.74, 6) is 0.511. The van der Waals surface area contributed by atoms with Gasteiger partial charge in [-0.05, 0) is 65.0 Å². The van der Waals surface area contributed by atoms with E-state index < -0.39 is 0 Å². The van der Waals surface area contributed by atoms with Crippen molar-refractivity contribution in [1.29, 1.82) is 0 Å². The second kappa shape index (κ2) is 6.85. The molecule has 18 heavy (non-hydrogen) atoms. The molecule has 1 aromatic carbocycles. The van der Waals surface area contributed by atoms with E-state index in [0.29, 0.717) is 5.92 Å². The van der Waals surface area contributed by atoms with Crippen molar-refractivity contribution in [1.82, 2.24) is 0 Å². The first kappa shape index (κ1) is 14.3. The van der Waals surface area contributed by atoms with Gasteiger partial charge >= 0.3 is 0 Å². The van der Waals surface area contributed by atoms with E-state index >= 15 is 0 Å². The molecule has 1 unspecified atom stereocenters. The molecule has 1 heterocycles. The van der Waals surface area contributed by atoms with Gasteiger partial charge in [-0.2, -0.15) is 0 Å². The molecule has 0 aliphatic rings. The quantitative estimate of drug-likeness (QED) is 0.793. The minimum Gasteiger partial charge on any atom is -0.330 e. The van der Waals surface area contributed by atoms with Gasteiger partial charge in [-0.1, -0.05) is 28.1 Å². The van der Waals surface area contributed by atoms with Crippen LogP contribution in [0.5, 0.6) is 0 Å². The number of halogens is 2. The minimum absolute atomic E-state index is 0.511. The summed E-state index contributed by atoms with van der Waals surface area (Å²) in [7, 11) is 0. The molecule has 0 aliphatic carbocycles. The van der Waals surface area contributed by atoms with Crippen molar-refractivity contribution >= 4 is 43.2 Å². The molecule has 2 rings (SSSR count). The first-order chi connectivity index (χ1) is 8.67. The van der Waals surface area contributed by atoms with Crippen molar-refractivity contribution in [3.63, 3.8) is 0 Å². The maximum Gasteiger partial charge on any atom is 0.0285 e. The Kier molecular flexibility index (Phi) is 5.42. The fourth-order valence-electron chi connectivity index (χ4n) is 1.94. The number of rotatable bonds is 5. The Morgan fingerprint density at radius 2 is 1.78 bits per heavy atom. The van der Waals surface area contributed by atoms with Crippen LogP contribution in [0.4, 0.5) is 0 Å². The molecule has 96 valence electrons. The Bertz CT molecular complexity index is 493. The van der Waals surface area contributed by atoms with Gasteiger partial charge in [0.25, 0.3) is 0 Å². The molecule has 0 saturated carbocycles. The Morgan fingerprint density at radius 3 is 2.33 bits per heavy atom. The zero-order valence-corrected chi connectivity index (χ0v) is 13.9. The summed E-state index contributed by atoms with van der Waals surface area (Å²) in [5, 5.41) is 2.13. The van der Waals surface area contributed by atoms with E-state index in [1.165, 1.54) is 14.9 Å². The number of hydrogen-bond acceptors (Lipinski definition) is 2. The number of thiophene rings is 1. The monoisotopic (exact) mass is 387 g/mol. The van der Waals surface area contributed by atoms with Crippen molar-refractivity contribution < 1.29 is 0 Å². The lowest BCUT2D eigenvalue weighted by Crippen LogP contribution is -2.18. The predicted molar refractivity (Wildman–Crippen MR) is 86.1 cm³/mol. The fourth-order valence-corrected chi connectivity index (χ4v) is 3.77. The molecule has 0 fully saturated rings. The van der Waals surface area contributed by atoms with Gasteiger partial charge < -0.3 is 5.73 Å². The van der Waals surface area contributed by atoms with Crippen molar-refractivity contribution in [3.8, 4) is 0 Å². The van der Waals surface area contributed by atoms with Gasteiger partial charge in [0.2, 0.25) is 0 Å². The van der Waals surface area contributed by atoms with Crippen molar-refractivity contribution in [2.24, 2.45) is 11.7 Å². The van der Waals surface area contributed by atoms with E-state index in [1.54, 1.807) is 11.3 Å². The molecule has 1 aromatic heterocycles. The van der Waals surface area contributed by atoms with E-state index in [0.717, 1.165) is 23.9 Å².